The molecule has 23 heavy (non-hydrogen) atoms. The van der Waals surface area contributed by atoms with Crippen LogP contribution in [0.5, 0.6) is 5.75 Å². The molecule has 0 atom stereocenters. The number of ether oxygens (including phenoxy) is 1. The van der Waals surface area contributed by atoms with Crippen LogP contribution < -0.4 is 10.1 Å². The lowest BCUT2D eigenvalue weighted by atomic mass is 10.0. The second-order valence-corrected chi connectivity index (χ2v) is 6.97. The summed E-state index contributed by atoms with van der Waals surface area (Å²) >= 11 is 6.27. The van der Waals surface area contributed by atoms with Gasteiger partial charge in [0.05, 0.1) is 11.6 Å². The maximum atomic E-state index is 6.27. The molecule has 1 aliphatic heterocycles. The van der Waals surface area contributed by atoms with Gasteiger partial charge in [-0.1, -0.05) is 23.7 Å². The van der Waals surface area contributed by atoms with Crippen molar-refractivity contribution < 1.29 is 4.74 Å². The first kappa shape index (κ1) is 18.9. The zero-order valence-corrected chi connectivity index (χ0v) is 15.5. The van der Waals surface area contributed by atoms with Gasteiger partial charge >= 0.3 is 0 Å². The number of nitrogens with one attached hydrogen (secondary N) is 1. The van der Waals surface area contributed by atoms with Crippen molar-refractivity contribution in [2.75, 3.05) is 26.2 Å². The maximum absolute atomic E-state index is 6.27. The number of hydrogen-bond acceptors (Lipinski definition) is 3. The molecule has 130 valence electrons. The third-order valence-electron chi connectivity index (χ3n) is 4.71. The molecular weight excluding hydrogens is 331 g/mol. The molecule has 1 aromatic carbocycles. The summed E-state index contributed by atoms with van der Waals surface area (Å²) in [7, 11) is 0. The quantitative estimate of drug-likeness (QED) is 0.792. The number of hydrogen-bond donors (Lipinski definition) is 1. The molecule has 1 heterocycles. The van der Waals surface area contributed by atoms with Crippen LogP contribution in [-0.2, 0) is 6.54 Å². The minimum Gasteiger partial charge on any atom is -0.492 e. The van der Waals surface area contributed by atoms with Crippen molar-refractivity contribution in [2.24, 2.45) is 5.92 Å². The van der Waals surface area contributed by atoms with E-state index in [1.54, 1.807) is 0 Å². The highest BCUT2D eigenvalue weighted by molar-refractivity contribution is 6.32. The Morgan fingerprint density at radius 1 is 1.22 bits per heavy atom. The molecule has 0 radical (unpaired) electrons. The van der Waals surface area contributed by atoms with Crippen LogP contribution in [0, 0.1) is 5.92 Å². The lowest BCUT2D eigenvalue weighted by Gasteiger charge is -2.33. The summed E-state index contributed by atoms with van der Waals surface area (Å²) < 4.78 is 5.73. The normalized spacial score (nSPS) is 19.4. The minimum absolute atomic E-state index is 0. The molecular formula is C18H28Cl2N2O. The first-order valence-corrected chi connectivity index (χ1v) is 9.00. The zero-order chi connectivity index (χ0) is 15.4. The van der Waals surface area contributed by atoms with E-state index in [2.05, 4.69) is 16.3 Å². The molecule has 1 N–H and O–H groups in total. The van der Waals surface area contributed by atoms with Gasteiger partial charge in [-0.15, -0.1) is 12.4 Å². The van der Waals surface area contributed by atoms with Crippen LogP contribution in [0.1, 0.15) is 38.2 Å². The van der Waals surface area contributed by atoms with Crippen molar-refractivity contribution in [3.05, 3.63) is 28.8 Å². The van der Waals surface area contributed by atoms with Gasteiger partial charge in [0.2, 0.25) is 0 Å². The second kappa shape index (κ2) is 9.12. The van der Waals surface area contributed by atoms with Crippen LogP contribution in [0.25, 0.3) is 0 Å². The summed E-state index contributed by atoms with van der Waals surface area (Å²) in [6.07, 6.45) is 5.36. The van der Waals surface area contributed by atoms with Gasteiger partial charge in [-0.2, -0.15) is 0 Å². The van der Waals surface area contributed by atoms with Crippen LogP contribution in [0.15, 0.2) is 18.2 Å². The first-order chi connectivity index (χ1) is 10.8. The summed E-state index contributed by atoms with van der Waals surface area (Å²) in [5, 5.41) is 4.46. The van der Waals surface area contributed by atoms with E-state index in [1.165, 1.54) is 37.8 Å². The standard InChI is InChI=1S/C18H27ClN2O.ClH/c1-2-22-18-15(4-3-5-17(18)19)13-21-10-8-16(9-11-21)20-12-14-6-7-14;/h3-5,14,16,20H,2,6-13H2,1H3;1H. The van der Waals surface area contributed by atoms with E-state index in [9.17, 15) is 0 Å². The number of benzene rings is 1. The van der Waals surface area contributed by atoms with E-state index < -0.39 is 0 Å². The third-order valence-corrected chi connectivity index (χ3v) is 5.01. The van der Waals surface area contributed by atoms with Gasteiger partial charge in [0.25, 0.3) is 0 Å². The number of halogens is 2. The molecule has 1 aromatic rings. The summed E-state index contributed by atoms with van der Waals surface area (Å²) in [4.78, 5) is 2.52. The highest BCUT2D eigenvalue weighted by Crippen LogP contribution is 2.31. The van der Waals surface area contributed by atoms with E-state index in [-0.39, 0.29) is 12.4 Å². The van der Waals surface area contributed by atoms with Crippen molar-refractivity contribution >= 4 is 24.0 Å². The van der Waals surface area contributed by atoms with Crippen molar-refractivity contribution in [2.45, 2.75) is 45.2 Å². The summed E-state index contributed by atoms with van der Waals surface area (Å²) in [5.74, 6) is 1.83. The fraction of sp³-hybridized carbons (Fsp3) is 0.667. The average molecular weight is 359 g/mol. The first-order valence-electron chi connectivity index (χ1n) is 8.62. The lowest BCUT2D eigenvalue weighted by molar-refractivity contribution is 0.187. The van der Waals surface area contributed by atoms with Gasteiger partial charge in [-0.05, 0) is 64.2 Å². The zero-order valence-electron chi connectivity index (χ0n) is 13.9. The average Bonchev–Trinajstić information content (AvgIpc) is 3.34. The monoisotopic (exact) mass is 358 g/mol. The van der Waals surface area contributed by atoms with Gasteiger partial charge < -0.3 is 10.1 Å². The lowest BCUT2D eigenvalue weighted by Crippen LogP contribution is -2.42. The van der Waals surface area contributed by atoms with Crippen molar-refractivity contribution in [3.63, 3.8) is 0 Å². The van der Waals surface area contributed by atoms with Gasteiger partial charge in [-0.25, -0.2) is 0 Å². The number of likely N-dealkylation sites (tertiary alicyclic amines) is 1. The third kappa shape index (κ3) is 5.53. The number of piperidine rings is 1. The Labute approximate surface area is 151 Å². The predicted molar refractivity (Wildman–Crippen MR) is 98.9 cm³/mol. The topological polar surface area (TPSA) is 24.5 Å². The second-order valence-electron chi connectivity index (χ2n) is 6.56. The van der Waals surface area contributed by atoms with Crippen LogP contribution >= 0.6 is 24.0 Å². The minimum atomic E-state index is 0. The fourth-order valence-corrected chi connectivity index (χ4v) is 3.42. The Kier molecular flexibility index (Phi) is 7.48. The van der Waals surface area contributed by atoms with Gasteiger partial charge in [0.1, 0.15) is 5.75 Å². The molecule has 3 nitrogen and oxygen atoms in total. The molecule has 1 aliphatic carbocycles. The van der Waals surface area contributed by atoms with E-state index in [0.29, 0.717) is 12.6 Å². The predicted octanol–water partition coefficient (Wildman–Crippen LogP) is 4.12. The molecule has 0 spiro atoms. The smallest absolute Gasteiger partial charge is 0.142 e. The van der Waals surface area contributed by atoms with Gasteiger partial charge in [-0.3, -0.25) is 4.90 Å². The summed E-state index contributed by atoms with van der Waals surface area (Å²) in [5.41, 5.74) is 1.21. The molecule has 0 aromatic heterocycles. The van der Waals surface area contributed by atoms with Crippen molar-refractivity contribution in [3.8, 4) is 5.75 Å². The Morgan fingerprint density at radius 2 is 1.96 bits per heavy atom. The molecule has 0 unspecified atom stereocenters. The van der Waals surface area contributed by atoms with Crippen molar-refractivity contribution in [1.82, 2.24) is 10.2 Å². The number of nitrogens with zero attached hydrogens (tertiary/aromatic N) is 1. The van der Waals surface area contributed by atoms with E-state index in [1.807, 2.05) is 19.1 Å². The highest BCUT2D eigenvalue weighted by Gasteiger charge is 2.24. The van der Waals surface area contributed by atoms with Crippen LogP contribution in [0.2, 0.25) is 5.02 Å². The Hall–Kier alpha value is -0.480. The van der Waals surface area contributed by atoms with Crippen LogP contribution in [-0.4, -0.2) is 37.2 Å². The number of para-hydroxylation sites is 1. The maximum Gasteiger partial charge on any atom is 0.142 e. The number of rotatable bonds is 7. The van der Waals surface area contributed by atoms with E-state index in [0.717, 1.165) is 36.3 Å². The van der Waals surface area contributed by atoms with Crippen LogP contribution in [0.3, 0.4) is 0 Å². The molecule has 0 amide bonds. The van der Waals surface area contributed by atoms with Crippen molar-refractivity contribution in [1.29, 1.82) is 0 Å². The fourth-order valence-electron chi connectivity index (χ4n) is 3.18. The van der Waals surface area contributed by atoms with E-state index in [4.69, 9.17) is 16.3 Å². The summed E-state index contributed by atoms with van der Waals surface area (Å²) in [6, 6.07) is 6.77. The molecule has 3 rings (SSSR count). The molecule has 1 saturated carbocycles. The molecule has 0 bridgehead atoms. The largest absolute Gasteiger partial charge is 0.492 e. The molecule has 2 aliphatic rings. The summed E-state index contributed by atoms with van der Waals surface area (Å²) in [6.45, 7) is 7.13. The Balaban J connectivity index is 0.00000192. The Bertz CT molecular complexity index is 486. The van der Waals surface area contributed by atoms with E-state index >= 15 is 0 Å². The SMILES string of the molecule is CCOc1c(Cl)cccc1CN1CCC(NCC2CC2)CC1.Cl. The van der Waals surface area contributed by atoms with Gasteiger partial charge in [0.15, 0.2) is 0 Å². The highest BCUT2D eigenvalue weighted by atomic mass is 35.5. The molecule has 2 fully saturated rings. The van der Waals surface area contributed by atoms with Crippen LogP contribution in [0.4, 0.5) is 0 Å². The molecule has 1 saturated heterocycles. The molecule has 5 heteroatoms. The van der Waals surface area contributed by atoms with Gasteiger partial charge in [0, 0.05) is 18.2 Å². The Morgan fingerprint density at radius 3 is 2.61 bits per heavy atom.